The summed E-state index contributed by atoms with van der Waals surface area (Å²) in [5.41, 5.74) is 3.88. The normalized spacial score (nSPS) is 11.1. The molecule has 0 aliphatic heterocycles. The zero-order valence-electron chi connectivity index (χ0n) is 12.4. The summed E-state index contributed by atoms with van der Waals surface area (Å²) in [6.45, 7) is 2.44. The number of aromatic nitrogens is 2. The van der Waals surface area contributed by atoms with Gasteiger partial charge >= 0.3 is 0 Å². The Balaban J connectivity index is 1.62. The van der Waals surface area contributed by atoms with Crippen LogP contribution in [0.2, 0.25) is 0 Å². The first kappa shape index (κ1) is 14.1. The van der Waals surface area contributed by atoms with Crippen molar-refractivity contribution in [3.8, 4) is 0 Å². The Bertz CT molecular complexity index is 819. The van der Waals surface area contributed by atoms with Gasteiger partial charge in [0.2, 0.25) is 5.91 Å². The first-order valence-corrected chi connectivity index (χ1v) is 7.16. The predicted octanol–water partition coefficient (Wildman–Crippen LogP) is 2.97. The van der Waals surface area contributed by atoms with Gasteiger partial charge in [-0.15, -0.1) is 0 Å². The standard InChI is InChI=1S/C18H17N3O/c1-14-6-5-11-21-13-16(20-18(14)21)12-19-17(22)10-9-15-7-3-2-4-8-15/h2-11,13H,12H2,1H3,(H,19,22)/b10-9+. The monoisotopic (exact) mass is 291 g/mol. The Hall–Kier alpha value is -2.88. The van der Waals surface area contributed by atoms with Crippen molar-refractivity contribution >= 4 is 17.6 Å². The zero-order chi connectivity index (χ0) is 15.4. The average Bonchev–Trinajstić information content (AvgIpc) is 2.96. The second-order valence-corrected chi connectivity index (χ2v) is 5.12. The zero-order valence-corrected chi connectivity index (χ0v) is 12.4. The number of aryl methyl sites for hydroxylation is 1. The minimum Gasteiger partial charge on any atom is -0.347 e. The molecule has 2 aromatic heterocycles. The second-order valence-electron chi connectivity index (χ2n) is 5.12. The van der Waals surface area contributed by atoms with Crippen molar-refractivity contribution in [2.24, 2.45) is 0 Å². The van der Waals surface area contributed by atoms with Crippen molar-refractivity contribution < 1.29 is 4.79 Å². The molecule has 0 bridgehead atoms. The van der Waals surface area contributed by atoms with Crippen LogP contribution in [0.1, 0.15) is 16.8 Å². The Kier molecular flexibility index (Phi) is 4.01. The summed E-state index contributed by atoms with van der Waals surface area (Å²) in [6, 6.07) is 13.7. The Morgan fingerprint density at radius 1 is 1.23 bits per heavy atom. The first-order valence-electron chi connectivity index (χ1n) is 7.16. The SMILES string of the molecule is Cc1cccn2cc(CNC(=O)/C=C/c3ccccc3)nc12. The van der Waals surface area contributed by atoms with Crippen LogP contribution in [0.25, 0.3) is 11.7 Å². The molecule has 0 spiro atoms. The molecule has 0 aliphatic rings. The van der Waals surface area contributed by atoms with Gasteiger partial charge in [-0.25, -0.2) is 4.98 Å². The average molecular weight is 291 g/mol. The minimum atomic E-state index is -0.127. The smallest absolute Gasteiger partial charge is 0.244 e. The number of nitrogens with one attached hydrogen (secondary N) is 1. The lowest BCUT2D eigenvalue weighted by Gasteiger charge is -1.98. The van der Waals surface area contributed by atoms with Crippen LogP contribution in [-0.2, 0) is 11.3 Å². The van der Waals surface area contributed by atoms with Gasteiger partial charge in [0.1, 0.15) is 5.65 Å². The Morgan fingerprint density at radius 2 is 2.05 bits per heavy atom. The summed E-state index contributed by atoms with van der Waals surface area (Å²) >= 11 is 0. The molecule has 0 unspecified atom stereocenters. The van der Waals surface area contributed by atoms with Crippen molar-refractivity contribution in [1.29, 1.82) is 0 Å². The molecular formula is C18H17N3O. The van der Waals surface area contributed by atoms with Gasteiger partial charge in [-0.2, -0.15) is 0 Å². The number of carbonyl (C=O) groups excluding carboxylic acids is 1. The van der Waals surface area contributed by atoms with Crippen LogP contribution in [0, 0.1) is 6.92 Å². The summed E-state index contributed by atoms with van der Waals surface area (Å²) in [5, 5.41) is 2.85. The molecule has 1 N–H and O–H groups in total. The number of hydrogen-bond donors (Lipinski definition) is 1. The van der Waals surface area contributed by atoms with Gasteiger partial charge < -0.3 is 9.72 Å². The van der Waals surface area contributed by atoms with Gasteiger partial charge in [-0.05, 0) is 30.2 Å². The van der Waals surface area contributed by atoms with E-state index < -0.39 is 0 Å². The summed E-state index contributed by atoms with van der Waals surface area (Å²) in [4.78, 5) is 16.4. The molecule has 1 aromatic carbocycles. The quantitative estimate of drug-likeness (QED) is 0.751. The fraction of sp³-hybridized carbons (Fsp3) is 0.111. The minimum absolute atomic E-state index is 0.127. The maximum absolute atomic E-state index is 11.8. The maximum Gasteiger partial charge on any atom is 0.244 e. The van der Waals surface area contributed by atoms with E-state index in [9.17, 15) is 4.79 Å². The topological polar surface area (TPSA) is 46.4 Å². The van der Waals surface area contributed by atoms with Crippen molar-refractivity contribution in [2.75, 3.05) is 0 Å². The molecule has 4 nitrogen and oxygen atoms in total. The molecule has 22 heavy (non-hydrogen) atoms. The molecule has 0 fully saturated rings. The molecular weight excluding hydrogens is 274 g/mol. The van der Waals surface area contributed by atoms with Gasteiger partial charge in [0.25, 0.3) is 0 Å². The second kappa shape index (κ2) is 6.26. The fourth-order valence-corrected chi connectivity index (χ4v) is 2.26. The number of rotatable bonds is 4. The van der Waals surface area contributed by atoms with Crippen LogP contribution in [-0.4, -0.2) is 15.3 Å². The van der Waals surface area contributed by atoms with Gasteiger partial charge in [-0.3, -0.25) is 4.79 Å². The fourth-order valence-electron chi connectivity index (χ4n) is 2.26. The largest absolute Gasteiger partial charge is 0.347 e. The van der Waals surface area contributed by atoms with Gasteiger partial charge in [0.15, 0.2) is 0 Å². The molecule has 3 rings (SSSR count). The Morgan fingerprint density at radius 3 is 2.82 bits per heavy atom. The van der Waals surface area contributed by atoms with E-state index in [1.165, 1.54) is 6.08 Å². The molecule has 110 valence electrons. The van der Waals surface area contributed by atoms with Crippen LogP contribution in [0.3, 0.4) is 0 Å². The molecule has 4 heteroatoms. The molecule has 0 aliphatic carbocycles. The molecule has 0 atom stereocenters. The van der Waals surface area contributed by atoms with Crippen molar-refractivity contribution in [2.45, 2.75) is 13.5 Å². The molecule has 0 radical (unpaired) electrons. The summed E-state index contributed by atoms with van der Waals surface area (Å²) in [5.74, 6) is -0.127. The van der Waals surface area contributed by atoms with E-state index in [1.807, 2.05) is 66.2 Å². The maximum atomic E-state index is 11.8. The van der Waals surface area contributed by atoms with Crippen LogP contribution in [0.15, 0.2) is 60.9 Å². The number of nitrogens with zero attached hydrogens (tertiary/aromatic N) is 2. The third-order valence-electron chi connectivity index (χ3n) is 3.40. The van der Waals surface area contributed by atoms with E-state index >= 15 is 0 Å². The van der Waals surface area contributed by atoms with E-state index in [4.69, 9.17) is 0 Å². The molecule has 0 saturated heterocycles. The molecule has 3 aromatic rings. The third kappa shape index (κ3) is 3.23. The predicted molar refractivity (Wildman–Crippen MR) is 87.3 cm³/mol. The van der Waals surface area contributed by atoms with Gasteiger partial charge in [0.05, 0.1) is 12.2 Å². The van der Waals surface area contributed by atoms with Gasteiger partial charge in [-0.1, -0.05) is 36.4 Å². The molecule has 0 saturated carbocycles. The number of hydrogen-bond acceptors (Lipinski definition) is 2. The highest BCUT2D eigenvalue weighted by Gasteiger charge is 2.04. The van der Waals surface area contributed by atoms with Crippen LogP contribution in [0.5, 0.6) is 0 Å². The third-order valence-corrected chi connectivity index (χ3v) is 3.40. The van der Waals surface area contributed by atoms with Gasteiger partial charge in [0, 0.05) is 18.5 Å². The van der Waals surface area contributed by atoms with Crippen LogP contribution in [0.4, 0.5) is 0 Å². The first-order chi connectivity index (χ1) is 10.7. The van der Waals surface area contributed by atoms with E-state index in [-0.39, 0.29) is 5.91 Å². The number of benzene rings is 1. The van der Waals surface area contributed by atoms with Crippen LogP contribution >= 0.6 is 0 Å². The Labute approximate surface area is 129 Å². The van der Waals surface area contributed by atoms with E-state index in [2.05, 4.69) is 10.3 Å². The number of amides is 1. The highest BCUT2D eigenvalue weighted by atomic mass is 16.1. The number of fused-ring (bicyclic) bond motifs is 1. The van der Waals surface area contributed by atoms with Crippen molar-refractivity contribution in [1.82, 2.24) is 14.7 Å². The summed E-state index contributed by atoms with van der Waals surface area (Å²) < 4.78 is 1.97. The molecule has 1 amide bonds. The lowest BCUT2D eigenvalue weighted by atomic mass is 10.2. The molecule has 2 heterocycles. The van der Waals surface area contributed by atoms with E-state index in [0.717, 1.165) is 22.5 Å². The lowest BCUT2D eigenvalue weighted by Crippen LogP contribution is -2.20. The van der Waals surface area contributed by atoms with E-state index in [0.29, 0.717) is 6.54 Å². The van der Waals surface area contributed by atoms with Crippen molar-refractivity contribution in [3.05, 3.63) is 77.8 Å². The summed E-state index contributed by atoms with van der Waals surface area (Å²) in [7, 11) is 0. The van der Waals surface area contributed by atoms with Crippen molar-refractivity contribution in [3.63, 3.8) is 0 Å². The van der Waals surface area contributed by atoms with E-state index in [1.54, 1.807) is 6.08 Å². The highest BCUT2D eigenvalue weighted by Crippen LogP contribution is 2.09. The number of carbonyl (C=O) groups is 1. The number of pyridine rings is 1. The number of imidazole rings is 1. The highest BCUT2D eigenvalue weighted by molar-refractivity contribution is 5.91. The van der Waals surface area contributed by atoms with Crippen LogP contribution < -0.4 is 5.32 Å². The lowest BCUT2D eigenvalue weighted by molar-refractivity contribution is -0.116. The summed E-state index contributed by atoms with van der Waals surface area (Å²) in [6.07, 6.45) is 7.22.